The zero-order chi connectivity index (χ0) is 11.9. The molecule has 0 aliphatic rings. The molecule has 0 aliphatic heterocycles. The van der Waals surface area contributed by atoms with Crippen LogP contribution in [-0.2, 0) is 19.1 Å². The van der Waals surface area contributed by atoms with E-state index in [1.807, 2.05) is 20.8 Å². The van der Waals surface area contributed by atoms with Crippen molar-refractivity contribution in [3.05, 3.63) is 0 Å². The predicted octanol–water partition coefficient (Wildman–Crippen LogP) is 2.06. The van der Waals surface area contributed by atoms with Gasteiger partial charge in [-0.05, 0) is 26.7 Å². The lowest BCUT2D eigenvalue weighted by molar-refractivity contribution is -0.156. The van der Waals surface area contributed by atoms with Crippen LogP contribution in [0.4, 0.5) is 0 Å². The van der Waals surface area contributed by atoms with Crippen molar-refractivity contribution in [1.29, 1.82) is 0 Å². The highest BCUT2D eigenvalue weighted by Gasteiger charge is 2.19. The third-order valence-corrected chi connectivity index (χ3v) is 2.23. The Hall–Kier alpha value is -1.06. The third kappa shape index (κ3) is 6.94. The van der Waals surface area contributed by atoms with Crippen molar-refractivity contribution < 1.29 is 19.1 Å². The lowest BCUT2D eigenvalue weighted by atomic mass is 10.1. The van der Waals surface area contributed by atoms with Crippen molar-refractivity contribution in [3.8, 4) is 0 Å². The molecule has 4 heteroatoms. The predicted molar refractivity (Wildman–Crippen MR) is 56.3 cm³/mol. The SMILES string of the molecule is CCC(C)(C)OC(=O)CCCC(=O)OC. The first kappa shape index (κ1) is 13.9. The molecule has 0 aromatic carbocycles. The first-order valence-corrected chi connectivity index (χ1v) is 5.20. The fourth-order valence-corrected chi connectivity index (χ4v) is 0.910. The van der Waals surface area contributed by atoms with E-state index in [1.165, 1.54) is 7.11 Å². The molecule has 88 valence electrons. The lowest BCUT2D eigenvalue weighted by Crippen LogP contribution is -2.26. The summed E-state index contributed by atoms with van der Waals surface area (Å²) in [6.07, 6.45) is 1.78. The molecular formula is C11H20O4. The van der Waals surface area contributed by atoms with Gasteiger partial charge < -0.3 is 9.47 Å². The highest BCUT2D eigenvalue weighted by Crippen LogP contribution is 2.15. The maximum Gasteiger partial charge on any atom is 0.306 e. The molecule has 0 fully saturated rings. The van der Waals surface area contributed by atoms with E-state index >= 15 is 0 Å². The quantitative estimate of drug-likeness (QED) is 0.638. The Morgan fingerprint density at radius 3 is 2.13 bits per heavy atom. The Morgan fingerprint density at radius 1 is 1.13 bits per heavy atom. The molecule has 0 spiro atoms. The van der Waals surface area contributed by atoms with E-state index in [-0.39, 0.29) is 24.8 Å². The Labute approximate surface area is 90.9 Å². The van der Waals surface area contributed by atoms with Crippen molar-refractivity contribution in [3.63, 3.8) is 0 Å². The van der Waals surface area contributed by atoms with E-state index in [0.717, 1.165) is 6.42 Å². The highest BCUT2D eigenvalue weighted by molar-refractivity contribution is 5.72. The van der Waals surface area contributed by atoms with Crippen LogP contribution in [0.25, 0.3) is 0 Å². The fourth-order valence-electron chi connectivity index (χ4n) is 0.910. The summed E-state index contributed by atoms with van der Waals surface area (Å²) in [7, 11) is 1.33. The average Bonchev–Trinajstić information content (AvgIpc) is 2.16. The van der Waals surface area contributed by atoms with Crippen molar-refractivity contribution in [2.24, 2.45) is 0 Å². The van der Waals surface area contributed by atoms with Crippen LogP contribution in [0.1, 0.15) is 46.5 Å². The van der Waals surface area contributed by atoms with Crippen molar-refractivity contribution in [1.82, 2.24) is 0 Å². The molecule has 0 aromatic rings. The molecule has 4 nitrogen and oxygen atoms in total. The second-order valence-corrected chi connectivity index (χ2v) is 4.02. The number of methoxy groups -OCH3 is 1. The number of hydrogen-bond acceptors (Lipinski definition) is 4. The van der Waals surface area contributed by atoms with Crippen molar-refractivity contribution in [2.75, 3.05) is 7.11 Å². The highest BCUT2D eigenvalue weighted by atomic mass is 16.6. The van der Waals surface area contributed by atoms with Gasteiger partial charge in [-0.2, -0.15) is 0 Å². The van der Waals surface area contributed by atoms with Gasteiger partial charge in [0.05, 0.1) is 7.11 Å². The van der Waals surface area contributed by atoms with E-state index in [0.29, 0.717) is 6.42 Å². The first-order valence-electron chi connectivity index (χ1n) is 5.20. The molecule has 0 aliphatic carbocycles. The van der Waals surface area contributed by atoms with E-state index < -0.39 is 5.60 Å². The van der Waals surface area contributed by atoms with Gasteiger partial charge in [-0.25, -0.2) is 0 Å². The van der Waals surface area contributed by atoms with Crippen molar-refractivity contribution >= 4 is 11.9 Å². The average molecular weight is 216 g/mol. The van der Waals surface area contributed by atoms with Gasteiger partial charge in [0, 0.05) is 12.8 Å². The number of carbonyl (C=O) groups is 2. The topological polar surface area (TPSA) is 52.6 Å². The summed E-state index contributed by atoms with van der Waals surface area (Å²) in [6.45, 7) is 5.69. The van der Waals surface area contributed by atoms with Gasteiger partial charge in [-0.1, -0.05) is 6.92 Å². The molecule has 0 aromatic heterocycles. The van der Waals surface area contributed by atoms with Crippen molar-refractivity contribution in [2.45, 2.75) is 52.1 Å². The maximum atomic E-state index is 11.3. The molecule has 0 heterocycles. The second-order valence-electron chi connectivity index (χ2n) is 4.02. The number of ether oxygens (including phenoxy) is 2. The summed E-state index contributed by atoms with van der Waals surface area (Å²) < 4.78 is 9.67. The van der Waals surface area contributed by atoms with Crippen LogP contribution in [0.5, 0.6) is 0 Å². The number of rotatable bonds is 6. The van der Waals surface area contributed by atoms with Gasteiger partial charge in [0.25, 0.3) is 0 Å². The molecule has 0 saturated heterocycles. The largest absolute Gasteiger partial charge is 0.469 e. The van der Waals surface area contributed by atoms with Crippen LogP contribution >= 0.6 is 0 Å². The molecule has 0 N–H and O–H groups in total. The molecule has 0 bridgehead atoms. The molecule has 0 radical (unpaired) electrons. The number of carbonyl (C=O) groups excluding carboxylic acids is 2. The summed E-state index contributed by atoms with van der Waals surface area (Å²) in [6, 6.07) is 0. The Balaban J connectivity index is 3.72. The van der Waals surface area contributed by atoms with Gasteiger partial charge in [0.2, 0.25) is 0 Å². The maximum absolute atomic E-state index is 11.3. The van der Waals surface area contributed by atoms with E-state index in [9.17, 15) is 9.59 Å². The normalized spacial score (nSPS) is 10.9. The van der Waals surface area contributed by atoms with Gasteiger partial charge in [-0.3, -0.25) is 9.59 Å². The summed E-state index contributed by atoms with van der Waals surface area (Å²) in [5.41, 5.74) is -0.414. The van der Waals surface area contributed by atoms with Crippen LogP contribution in [0.3, 0.4) is 0 Å². The number of hydrogen-bond donors (Lipinski definition) is 0. The molecule has 15 heavy (non-hydrogen) atoms. The number of esters is 2. The third-order valence-electron chi connectivity index (χ3n) is 2.23. The summed E-state index contributed by atoms with van der Waals surface area (Å²) in [4.78, 5) is 22.1. The molecule has 0 saturated carbocycles. The Kier molecular flexibility index (Phi) is 5.97. The van der Waals surface area contributed by atoms with Gasteiger partial charge in [0.1, 0.15) is 5.60 Å². The van der Waals surface area contributed by atoms with Crippen LogP contribution < -0.4 is 0 Å². The lowest BCUT2D eigenvalue weighted by Gasteiger charge is -2.23. The van der Waals surface area contributed by atoms with Crippen LogP contribution in [0, 0.1) is 0 Å². The first-order chi connectivity index (χ1) is 6.91. The molecule has 0 amide bonds. The van der Waals surface area contributed by atoms with Gasteiger partial charge in [-0.15, -0.1) is 0 Å². The van der Waals surface area contributed by atoms with E-state index in [1.54, 1.807) is 0 Å². The molecule has 0 unspecified atom stereocenters. The standard InChI is InChI=1S/C11H20O4/c1-5-11(2,3)15-10(13)8-6-7-9(12)14-4/h5-8H2,1-4H3. The summed E-state index contributed by atoms with van der Waals surface area (Å²) >= 11 is 0. The zero-order valence-corrected chi connectivity index (χ0v) is 9.96. The van der Waals surface area contributed by atoms with E-state index in [2.05, 4.69) is 4.74 Å². The fraction of sp³-hybridized carbons (Fsp3) is 0.818. The summed E-state index contributed by atoms with van der Waals surface area (Å²) in [5, 5.41) is 0. The smallest absolute Gasteiger partial charge is 0.306 e. The molecule has 0 rings (SSSR count). The zero-order valence-electron chi connectivity index (χ0n) is 9.96. The minimum absolute atomic E-state index is 0.259. The van der Waals surface area contributed by atoms with Crippen LogP contribution in [0.15, 0.2) is 0 Å². The monoisotopic (exact) mass is 216 g/mol. The Bertz CT molecular complexity index is 221. The van der Waals surface area contributed by atoms with Crippen LogP contribution in [0.2, 0.25) is 0 Å². The Morgan fingerprint density at radius 2 is 1.67 bits per heavy atom. The van der Waals surface area contributed by atoms with E-state index in [4.69, 9.17) is 4.74 Å². The van der Waals surface area contributed by atoms with Gasteiger partial charge in [0.15, 0.2) is 0 Å². The van der Waals surface area contributed by atoms with Gasteiger partial charge >= 0.3 is 11.9 Å². The second kappa shape index (κ2) is 6.43. The minimum Gasteiger partial charge on any atom is -0.469 e. The minimum atomic E-state index is -0.414. The van der Waals surface area contributed by atoms with Crippen LogP contribution in [-0.4, -0.2) is 24.6 Å². The molecule has 0 atom stereocenters. The summed E-state index contributed by atoms with van der Waals surface area (Å²) in [5.74, 6) is -0.552. The molecular weight excluding hydrogens is 196 g/mol.